The van der Waals surface area contributed by atoms with Crippen molar-refractivity contribution in [1.29, 1.82) is 0 Å². The molecule has 7 heteroatoms. The highest BCUT2D eigenvalue weighted by atomic mass is 19.1. The molecule has 6 nitrogen and oxygen atoms in total. The lowest BCUT2D eigenvalue weighted by molar-refractivity contribution is -0.139. The van der Waals surface area contributed by atoms with E-state index in [4.69, 9.17) is 14.2 Å². The zero-order chi connectivity index (χ0) is 25.4. The summed E-state index contributed by atoms with van der Waals surface area (Å²) in [6.45, 7) is 4.68. The number of amides is 1. The fourth-order valence-electron chi connectivity index (χ4n) is 3.76. The third kappa shape index (κ3) is 6.82. The molecule has 0 bridgehead atoms. The van der Waals surface area contributed by atoms with Gasteiger partial charge in [0.15, 0.2) is 0 Å². The maximum Gasteiger partial charge on any atom is 0.410 e. The van der Waals surface area contributed by atoms with Crippen LogP contribution in [0.4, 0.5) is 9.18 Å². The Morgan fingerprint density at radius 1 is 0.914 bits per heavy atom. The fraction of sp³-hybridized carbons (Fsp3) is 0.286. The number of ether oxygens (including phenoxy) is 3. The Bertz CT molecular complexity index is 1180. The molecule has 0 aliphatic rings. The Kier molecular flexibility index (Phi) is 8.84. The molecule has 0 aromatic heterocycles. The Balaban J connectivity index is 1.87. The number of aryl methyl sites for hydroxylation is 1. The van der Waals surface area contributed by atoms with Crippen LogP contribution >= 0.6 is 0 Å². The first kappa shape index (κ1) is 25.7. The van der Waals surface area contributed by atoms with Crippen LogP contribution in [0.2, 0.25) is 0 Å². The van der Waals surface area contributed by atoms with Gasteiger partial charge in [0.1, 0.15) is 18.2 Å². The number of carbonyl (C=O) groups excluding carboxylic acids is 2. The van der Waals surface area contributed by atoms with E-state index >= 15 is 0 Å². The molecular formula is C28H30FNO5. The number of benzene rings is 3. The van der Waals surface area contributed by atoms with E-state index in [9.17, 15) is 14.0 Å². The topological polar surface area (TPSA) is 65.1 Å². The highest BCUT2D eigenvalue weighted by molar-refractivity contribution is 5.78. The van der Waals surface area contributed by atoms with Gasteiger partial charge in [0.05, 0.1) is 20.6 Å². The van der Waals surface area contributed by atoms with Gasteiger partial charge in [-0.1, -0.05) is 42.0 Å². The van der Waals surface area contributed by atoms with Crippen LogP contribution in [-0.4, -0.2) is 37.7 Å². The predicted molar refractivity (Wildman–Crippen MR) is 132 cm³/mol. The summed E-state index contributed by atoms with van der Waals surface area (Å²) in [5.74, 6) is -0.00900. The van der Waals surface area contributed by atoms with Gasteiger partial charge in [-0.15, -0.1) is 0 Å². The second-order valence-electron chi connectivity index (χ2n) is 8.14. The molecule has 184 valence electrons. The molecule has 0 unspecified atom stereocenters. The van der Waals surface area contributed by atoms with Crippen LogP contribution in [0.25, 0.3) is 11.1 Å². The van der Waals surface area contributed by atoms with Crippen LogP contribution < -0.4 is 4.74 Å². The van der Waals surface area contributed by atoms with Crippen LogP contribution in [0, 0.1) is 12.7 Å². The van der Waals surface area contributed by atoms with Crippen LogP contribution in [0.15, 0.2) is 60.7 Å². The van der Waals surface area contributed by atoms with Crippen molar-refractivity contribution in [2.75, 3.05) is 20.8 Å². The van der Waals surface area contributed by atoms with Crippen LogP contribution in [0.1, 0.15) is 29.2 Å². The van der Waals surface area contributed by atoms with Crippen molar-refractivity contribution in [3.63, 3.8) is 0 Å². The van der Waals surface area contributed by atoms with Gasteiger partial charge in [0.25, 0.3) is 0 Å². The lowest BCUT2D eigenvalue weighted by Gasteiger charge is -2.23. The quantitative estimate of drug-likeness (QED) is 0.369. The number of esters is 1. The van der Waals surface area contributed by atoms with Crippen molar-refractivity contribution in [2.24, 2.45) is 0 Å². The molecule has 35 heavy (non-hydrogen) atoms. The summed E-state index contributed by atoms with van der Waals surface area (Å²) in [4.78, 5) is 26.2. The molecular weight excluding hydrogens is 449 g/mol. The minimum absolute atomic E-state index is 0.0552. The zero-order valence-corrected chi connectivity index (χ0v) is 20.5. The van der Waals surface area contributed by atoms with Gasteiger partial charge in [-0.05, 0) is 60.4 Å². The second-order valence-corrected chi connectivity index (χ2v) is 8.14. The third-order valence-electron chi connectivity index (χ3n) is 5.67. The first-order valence-electron chi connectivity index (χ1n) is 11.3. The average molecular weight is 480 g/mol. The maximum atomic E-state index is 13.1. The standard InChI is InChI=1S/C28H30FNO5/c1-5-30(28(32)35-18-20-7-10-23(29)11-8-20)17-22-14-19(2)6-12-24(22)25-15-21(16-27(31)34-4)9-13-26(25)33-3/h6-15H,5,16-18H2,1-4H3. The van der Waals surface area contributed by atoms with E-state index in [0.717, 1.165) is 27.8 Å². The van der Waals surface area contributed by atoms with E-state index in [2.05, 4.69) is 0 Å². The molecule has 0 fully saturated rings. The first-order valence-corrected chi connectivity index (χ1v) is 11.3. The molecule has 0 aliphatic heterocycles. The van der Waals surface area contributed by atoms with Gasteiger partial charge >= 0.3 is 12.1 Å². The van der Waals surface area contributed by atoms with Crippen molar-refractivity contribution >= 4 is 12.1 Å². The van der Waals surface area contributed by atoms with E-state index in [0.29, 0.717) is 24.4 Å². The zero-order valence-electron chi connectivity index (χ0n) is 20.5. The van der Waals surface area contributed by atoms with Crippen molar-refractivity contribution in [1.82, 2.24) is 4.90 Å². The Labute approximate surface area is 205 Å². The van der Waals surface area contributed by atoms with Crippen molar-refractivity contribution in [3.8, 4) is 16.9 Å². The predicted octanol–water partition coefficient (Wildman–Crippen LogP) is 5.68. The fourth-order valence-corrected chi connectivity index (χ4v) is 3.76. The first-order chi connectivity index (χ1) is 16.8. The summed E-state index contributed by atoms with van der Waals surface area (Å²) in [5.41, 5.74) is 5.18. The number of hydrogen-bond donors (Lipinski definition) is 0. The highest BCUT2D eigenvalue weighted by Gasteiger charge is 2.19. The van der Waals surface area contributed by atoms with E-state index in [1.807, 2.05) is 50.2 Å². The van der Waals surface area contributed by atoms with E-state index in [1.54, 1.807) is 24.1 Å². The summed E-state index contributed by atoms with van der Waals surface area (Å²) in [6, 6.07) is 17.4. The summed E-state index contributed by atoms with van der Waals surface area (Å²) in [5, 5.41) is 0. The monoisotopic (exact) mass is 479 g/mol. The van der Waals surface area contributed by atoms with Gasteiger partial charge in [-0.3, -0.25) is 4.79 Å². The molecule has 1 amide bonds. The SMILES string of the molecule is CCN(Cc1cc(C)ccc1-c1cc(CC(=O)OC)ccc1OC)C(=O)OCc1ccc(F)cc1. The number of carbonyl (C=O) groups is 2. The summed E-state index contributed by atoms with van der Waals surface area (Å²) in [7, 11) is 2.96. The Morgan fingerprint density at radius 2 is 1.63 bits per heavy atom. The minimum Gasteiger partial charge on any atom is -0.496 e. The lowest BCUT2D eigenvalue weighted by atomic mass is 9.94. The molecule has 3 aromatic carbocycles. The average Bonchev–Trinajstić information content (AvgIpc) is 2.86. The van der Waals surface area contributed by atoms with E-state index in [-0.39, 0.29) is 24.8 Å². The molecule has 0 radical (unpaired) electrons. The third-order valence-corrected chi connectivity index (χ3v) is 5.67. The van der Waals surface area contributed by atoms with Crippen molar-refractivity contribution in [2.45, 2.75) is 33.4 Å². The largest absolute Gasteiger partial charge is 0.496 e. The summed E-state index contributed by atoms with van der Waals surface area (Å²) < 4.78 is 29.0. The molecule has 0 N–H and O–H groups in total. The van der Waals surface area contributed by atoms with Crippen LogP contribution in [0.3, 0.4) is 0 Å². The van der Waals surface area contributed by atoms with Gasteiger partial charge < -0.3 is 19.1 Å². The number of nitrogens with zero attached hydrogens (tertiary/aromatic N) is 1. The molecule has 0 atom stereocenters. The Morgan fingerprint density at radius 3 is 2.29 bits per heavy atom. The molecule has 3 aromatic rings. The molecule has 3 rings (SSSR count). The Hall–Kier alpha value is -3.87. The van der Waals surface area contributed by atoms with Crippen LogP contribution in [0.5, 0.6) is 5.75 Å². The molecule has 0 heterocycles. The summed E-state index contributed by atoms with van der Waals surface area (Å²) >= 11 is 0. The van der Waals surface area contributed by atoms with E-state index in [1.165, 1.54) is 19.2 Å². The maximum absolute atomic E-state index is 13.1. The second kappa shape index (κ2) is 12.0. The molecule has 0 saturated heterocycles. The molecule has 0 spiro atoms. The van der Waals surface area contributed by atoms with Crippen molar-refractivity contribution in [3.05, 3.63) is 88.7 Å². The van der Waals surface area contributed by atoms with Crippen LogP contribution in [-0.2, 0) is 33.8 Å². The van der Waals surface area contributed by atoms with Gasteiger partial charge in [0.2, 0.25) is 0 Å². The molecule has 0 saturated carbocycles. The number of rotatable bonds is 9. The van der Waals surface area contributed by atoms with E-state index < -0.39 is 6.09 Å². The highest BCUT2D eigenvalue weighted by Crippen LogP contribution is 2.34. The van der Waals surface area contributed by atoms with Gasteiger partial charge in [-0.25, -0.2) is 9.18 Å². The minimum atomic E-state index is -0.462. The number of halogens is 1. The van der Waals surface area contributed by atoms with Gasteiger partial charge in [0, 0.05) is 18.7 Å². The normalized spacial score (nSPS) is 10.5. The lowest BCUT2D eigenvalue weighted by Crippen LogP contribution is -2.31. The van der Waals surface area contributed by atoms with Crippen molar-refractivity contribution < 1.29 is 28.2 Å². The summed E-state index contributed by atoms with van der Waals surface area (Å²) in [6.07, 6.45) is -0.318. The van der Waals surface area contributed by atoms with Gasteiger partial charge in [-0.2, -0.15) is 0 Å². The number of hydrogen-bond acceptors (Lipinski definition) is 5. The molecule has 0 aliphatic carbocycles. The number of methoxy groups -OCH3 is 2. The smallest absolute Gasteiger partial charge is 0.410 e.